The molecule has 1 atom stereocenters. The lowest BCUT2D eigenvalue weighted by Crippen LogP contribution is -2.32. The fourth-order valence-electron chi connectivity index (χ4n) is 5.96. The van der Waals surface area contributed by atoms with Crippen LogP contribution in [0, 0.1) is 17.5 Å². The number of ether oxygens (including phenoxy) is 3. The predicted octanol–water partition coefficient (Wildman–Crippen LogP) is 8.61. The number of carbonyl (C=O) groups is 1. The van der Waals surface area contributed by atoms with Crippen LogP contribution in [0.4, 0.5) is 13.2 Å². The number of aromatic nitrogens is 3. The van der Waals surface area contributed by atoms with Crippen LogP contribution in [0.25, 0.3) is 22.3 Å². The summed E-state index contributed by atoms with van der Waals surface area (Å²) in [4.78, 5) is 23.2. The number of fused-ring (bicyclic) bond motifs is 2. The average Bonchev–Trinajstić information content (AvgIpc) is 3.50. The summed E-state index contributed by atoms with van der Waals surface area (Å²) in [7, 11) is 0. The van der Waals surface area contributed by atoms with Crippen LogP contribution in [0.2, 0.25) is 0 Å². The predicted molar refractivity (Wildman–Crippen MR) is 169 cm³/mol. The molecule has 0 radical (unpaired) electrons. The molecular formula is C35H32F3N3O4S. The van der Waals surface area contributed by atoms with Crippen LogP contribution in [0.3, 0.4) is 0 Å². The van der Waals surface area contributed by atoms with Gasteiger partial charge >= 0.3 is 5.97 Å². The number of H-pyrrole nitrogens is 2. The van der Waals surface area contributed by atoms with Crippen LogP contribution < -0.4 is 9.47 Å². The van der Waals surface area contributed by atoms with Crippen molar-refractivity contribution in [2.24, 2.45) is 0 Å². The number of nitrogens with one attached hydrogen (secondary N) is 2. The van der Waals surface area contributed by atoms with Crippen molar-refractivity contribution in [2.45, 2.75) is 61.5 Å². The third kappa shape index (κ3) is 5.50. The quantitative estimate of drug-likeness (QED) is 0.148. The highest BCUT2D eigenvalue weighted by Gasteiger charge is 2.38. The minimum Gasteiger partial charge on any atom is -0.493 e. The number of halogens is 3. The maximum absolute atomic E-state index is 15.4. The molecule has 0 spiro atoms. The monoisotopic (exact) mass is 647 g/mol. The largest absolute Gasteiger partial charge is 0.493 e. The number of thioether (sulfide) groups is 1. The molecule has 2 N–H and O–H groups in total. The molecule has 1 saturated carbocycles. The van der Waals surface area contributed by atoms with Crippen molar-refractivity contribution in [2.75, 3.05) is 13.2 Å². The van der Waals surface area contributed by atoms with Crippen molar-refractivity contribution < 1.29 is 32.2 Å². The summed E-state index contributed by atoms with van der Waals surface area (Å²) in [5.74, 6) is -2.02. The first kappa shape index (κ1) is 30.3. The van der Waals surface area contributed by atoms with Gasteiger partial charge in [0.05, 0.1) is 34.9 Å². The van der Waals surface area contributed by atoms with Crippen molar-refractivity contribution in [1.82, 2.24) is 15.0 Å². The summed E-state index contributed by atoms with van der Waals surface area (Å²) in [6.07, 6.45) is 6.64. The van der Waals surface area contributed by atoms with Gasteiger partial charge in [0.2, 0.25) is 5.82 Å². The van der Waals surface area contributed by atoms with Gasteiger partial charge in [0.15, 0.2) is 11.6 Å². The minimum atomic E-state index is -1.10. The first-order valence-electron chi connectivity index (χ1n) is 15.4. The molecule has 3 aromatic carbocycles. The highest BCUT2D eigenvalue weighted by Crippen LogP contribution is 2.49. The first-order valence-corrected chi connectivity index (χ1v) is 16.2. The van der Waals surface area contributed by atoms with Gasteiger partial charge in [-0.15, -0.1) is 11.8 Å². The van der Waals surface area contributed by atoms with Crippen LogP contribution >= 0.6 is 11.8 Å². The third-order valence-corrected chi connectivity index (χ3v) is 10.1. The number of para-hydroxylation sites is 1. The van der Waals surface area contributed by atoms with E-state index in [-0.39, 0.29) is 40.8 Å². The number of rotatable bonds is 10. The van der Waals surface area contributed by atoms with Crippen molar-refractivity contribution in [1.29, 1.82) is 0 Å². The lowest BCUT2D eigenvalue weighted by molar-refractivity contribution is -0.143. The van der Waals surface area contributed by atoms with E-state index in [0.29, 0.717) is 47.3 Å². The molecule has 0 amide bonds. The molecule has 1 unspecified atom stereocenters. The number of aromatic amines is 2. The lowest BCUT2D eigenvalue weighted by atomic mass is 9.74. The molecule has 5 aromatic rings. The second-order valence-corrected chi connectivity index (χ2v) is 13.1. The van der Waals surface area contributed by atoms with E-state index in [0.717, 1.165) is 29.7 Å². The summed E-state index contributed by atoms with van der Waals surface area (Å²) in [5.41, 5.74) is 2.18. The zero-order chi connectivity index (χ0) is 32.0. The van der Waals surface area contributed by atoms with E-state index in [2.05, 4.69) is 16.9 Å². The molecule has 3 heterocycles. The summed E-state index contributed by atoms with van der Waals surface area (Å²) in [5, 5.41) is 0.846. The molecule has 238 valence electrons. The molecular weight excluding hydrogens is 615 g/mol. The number of esters is 1. The van der Waals surface area contributed by atoms with Crippen LogP contribution in [0.1, 0.15) is 56.4 Å². The Morgan fingerprint density at radius 2 is 1.98 bits per heavy atom. The molecule has 0 bridgehead atoms. The fraction of sp³-hybridized carbons (Fsp3) is 0.314. The van der Waals surface area contributed by atoms with Gasteiger partial charge in [-0.25, -0.2) is 13.8 Å². The van der Waals surface area contributed by atoms with E-state index in [1.807, 2.05) is 18.2 Å². The van der Waals surface area contributed by atoms with Gasteiger partial charge in [0, 0.05) is 40.4 Å². The lowest BCUT2D eigenvalue weighted by Gasteiger charge is -2.35. The second-order valence-electron chi connectivity index (χ2n) is 11.8. The Morgan fingerprint density at radius 1 is 1.13 bits per heavy atom. The maximum Gasteiger partial charge on any atom is 0.306 e. The number of carbonyl (C=O) groups excluding carboxylic acids is 1. The Morgan fingerprint density at radius 3 is 2.78 bits per heavy atom. The van der Waals surface area contributed by atoms with Gasteiger partial charge in [0.25, 0.3) is 0 Å². The number of imidazole rings is 1. The van der Waals surface area contributed by atoms with E-state index in [1.54, 1.807) is 25.4 Å². The van der Waals surface area contributed by atoms with Gasteiger partial charge in [-0.1, -0.05) is 18.2 Å². The highest BCUT2D eigenvalue weighted by molar-refractivity contribution is 8.00. The SMILES string of the molecule is CCOC(=O)CCc1cccc2c1OCCC2(C)c1c[nH]c(-c2cc(Oc3c(F)c(F)c4[nH]ccc4c3SC3CC3)ccc2F)n1. The van der Waals surface area contributed by atoms with Crippen molar-refractivity contribution in [3.63, 3.8) is 0 Å². The molecule has 1 fully saturated rings. The van der Waals surface area contributed by atoms with E-state index >= 15 is 8.78 Å². The molecule has 7 rings (SSSR count). The Kier molecular flexibility index (Phi) is 7.96. The average molecular weight is 648 g/mol. The topological polar surface area (TPSA) is 89.2 Å². The minimum absolute atomic E-state index is 0.0882. The summed E-state index contributed by atoms with van der Waals surface area (Å²) in [6.45, 7) is 4.61. The zero-order valence-electron chi connectivity index (χ0n) is 25.3. The zero-order valence-corrected chi connectivity index (χ0v) is 26.2. The van der Waals surface area contributed by atoms with Crippen molar-refractivity contribution in [3.05, 3.63) is 89.1 Å². The summed E-state index contributed by atoms with van der Waals surface area (Å²) in [6, 6.07) is 11.6. The fourth-order valence-corrected chi connectivity index (χ4v) is 7.20. The van der Waals surface area contributed by atoms with Crippen molar-refractivity contribution >= 4 is 28.6 Å². The van der Waals surface area contributed by atoms with Crippen molar-refractivity contribution in [3.8, 4) is 28.6 Å². The van der Waals surface area contributed by atoms with E-state index in [4.69, 9.17) is 19.2 Å². The van der Waals surface area contributed by atoms with Gasteiger partial charge in [-0.2, -0.15) is 4.39 Å². The van der Waals surface area contributed by atoms with Crippen LogP contribution in [0.15, 0.2) is 59.8 Å². The normalized spacial score (nSPS) is 17.5. The molecule has 2 aliphatic rings. The Bertz CT molecular complexity index is 1950. The Labute approximate surface area is 267 Å². The van der Waals surface area contributed by atoms with Crippen LogP contribution in [-0.2, 0) is 21.4 Å². The smallest absolute Gasteiger partial charge is 0.306 e. The van der Waals surface area contributed by atoms with Crippen LogP contribution in [0.5, 0.6) is 17.2 Å². The van der Waals surface area contributed by atoms with Gasteiger partial charge < -0.3 is 24.2 Å². The van der Waals surface area contributed by atoms with Gasteiger partial charge in [0.1, 0.15) is 23.1 Å². The number of hydrogen-bond acceptors (Lipinski definition) is 6. The van der Waals surface area contributed by atoms with Crippen LogP contribution in [-0.4, -0.2) is 39.4 Å². The molecule has 2 aromatic heterocycles. The number of benzene rings is 3. The van der Waals surface area contributed by atoms with Gasteiger partial charge in [-0.3, -0.25) is 4.79 Å². The summed E-state index contributed by atoms with van der Waals surface area (Å²) >= 11 is 1.46. The Balaban J connectivity index is 1.20. The summed E-state index contributed by atoms with van der Waals surface area (Å²) < 4.78 is 62.9. The molecule has 1 aliphatic carbocycles. The Hall–Kier alpha value is -4.38. The number of nitrogens with zero attached hydrogens (tertiary/aromatic N) is 1. The number of aryl methyl sites for hydroxylation is 1. The molecule has 0 saturated heterocycles. The molecule has 7 nitrogen and oxygen atoms in total. The standard InChI is InChI=1S/C35H32F3N3O4S/c1-3-43-27(42)12-7-19-5-4-6-24-31(19)44-16-14-35(24,2)26-18-40-34(41-26)23-17-20(8-11-25(23)36)45-32-29(38)28(37)30-22(13-15-39-30)33(32)46-21-9-10-21/h4-6,8,11,13,15,17-18,21,39H,3,7,9-10,12,14,16H2,1-2H3,(H,40,41). The number of hydrogen-bond donors (Lipinski definition) is 2. The van der Waals surface area contributed by atoms with E-state index < -0.39 is 22.9 Å². The first-order chi connectivity index (χ1) is 22.3. The molecule has 11 heteroatoms. The van der Waals surface area contributed by atoms with E-state index in [9.17, 15) is 9.18 Å². The highest BCUT2D eigenvalue weighted by atomic mass is 32.2. The van der Waals surface area contributed by atoms with Gasteiger partial charge in [-0.05, 0) is 69.4 Å². The maximum atomic E-state index is 15.4. The van der Waals surface area contributed by atoms with E-state index in [1.165, 1.54) is 30.0 Å². The second kappa shape index (κ2) is 12.1. The molecule has 1 aliphatic heterocycles. The third-order valence-electron chi connectivity index (χ3n) is 8.62. The molecule has 46 heavy (non-hydrogen) atoms.